The lowest BCUT2D eigenvalue weighted by molar-refractivity contribution is -0.0330. The SMILES string of the molecule is CC(C)CNCC1(CN(C)C2CCOC2C)CCCOC1. The monoisotopic (exact) mass is 298 g/mol. The molecule has 0 radical (unpaired) electrons. The molecule has 21 heavy (non-hydrogen) atoms. The average molecular weight is 298 g/mol. The lowest BCUT2D eigenvalue weighted by atomic mass is 9.81. The molecule has 3 unspecified atom stereocenters. The van der Waals surface area contributed by atoms with E-state index in [4.69, 9.17) is 9.47 Å². The number of hydrogen-bond donors (Lipinski definition) is 1. The predicted octanol–water partition coefficient (Wildman–Crippen LogP) is 2.14. The summed E-state index contributed by atoms with van der Waals surface area (Å²) in [5.41, 5.74) is 0.268. The molecule has 1 N–H and O–H groups in total. The minimum absolute atomic E-state index is 0.268. The summed E-state index contributed by atoms with van der Waals surface area (Å²) in [7, 11) is 2.26. The van der Waals surface area contributed by atoms with Crippen molar-refractivity contribution in [3.05, 3.63) is 0 Å². The van der Waals surface area contributed by atoms with Crippen molar-refractivity contribution in [1.29, 1.82) is 0 Å². The first-order valence-corrected chi connectivity index (χ1v) is 8.63. The van der Waals surface area contributed by atoms with E-state index in [1.165, 1.54) is 12.8 Å². The van der Waals surface area contributed by atoms with Gasteiger partial charge < -0.3 is 19.7 Å². The lowest BCUT2D eigenvalue weighted by Gasteiger charge is -2.42. The van der Waals surface area contributed by atoms with Crippen molar-refractivity contribution >= 4 is 0 Å². The Labute approximate surface area is 130 Å². The van der Waals surface area contributed by atoms with Crippen LogP contribution in [-0.2, 0) is 9.47 Å². The van der Waals surface area contributed by atoms with Gasteiger partial charge in [-0.15, -0.1) is 0 Å². The van der Waals surface area contributed by atoms with Crippen molar-refractivity contribution in [3.8, 4) is 0 Å². The van der Waals surface area contributed by atoms with Crippen LogP contribution in [0.1, 0.15) is 40.0 Å². The summed E-state index contributed by atoms with van der Waals surface area (Å²) >= 11 is 0. The maximum Gasteiger partial charge on any atom is 0.0702 e. The Morgan fingerprint density at radius 3 is 2.71 bits per heavy atom. The maximum atomic E-state index is 5.84. The third-order valence-corrected chi connectivity index (χ3v) is 4.94. The highest BCUT2D eigenvalue weighted by Crippen LogP contribution is 2.31. The molecule has 2 rings (SSSR count). The van der Waals surface area contributed by atoms with Crippen molar-refractivity contribution in [3.63, 3.8) is 0 Å². The summed E-state index contributed by atoms with van der Waals surface area (Å²) in [6.45, 7) is 12.7. The van der Waals surface area contributed by atoms with Gasteiger partial charge in [0.2, 0.25) is 0 Å². The van der Waals surface area contributed by atoms with Crippen molar-refractivity contribution in [2.75, 3.05) is 46.5 Å². The van der Waals surface area contributed by atoms with Crippen LogP contribution in [0.4, 0.5) is 0 Å². The third kappa shape index (κ3) is 4.92. The molecule has 2 aliphatic heterocycles. The summed E-state index contributed by atoms with van der Waals surface area (Å²) in [5, 5.41) is 3.66. The van der Waals surface area contributed by atoms with Gasteiger partial charge in [-0.25, -0.2) is 0 Å². The minimum Gasteiger partial charge on any atom is -0.381 e. The molecule has 0 aromatic heterocycles. The molecule has 3 atom stereocenters. The van der Waals surface area contributed by atoms with E-state index in [1.54, 1.807) is 0 Å². The quantitative estimate of drug-likeness (QED) is 0.781. The average Bonchev–Trinajstić information content (AvgIpc) is 2.85. The van der Waals surface area contributed by atoms with Crippen LogP contribution in [0.25, 0.3) is 0 Å². The fourth-order valence-electron chi connectivity index (χ4n) is 3.80. The summed E-state index contributed by atoms with van der Waals surface area (Å²) in [4.78, 5) is 2.52. The van der Waals surface area contributed by atoms with Gasteiger partial charge in [0.05, 0.1) is 12.7 Å². The van der Waals surface area contributed by atoms with Crippen LogP contribution in [0.15, 0.2) is 0 Å². The van der Waals surface area contributed by atoms with Gasteiger partial charge in [-0.1, -0.05) is 13.8 Å². The highest BCUT2D eigenvalue weighted by Gasteiger charge is 2.37. The number of likely N-dealkylation sites (N-methyl/N-ethyl adjacent to an activating group) is 1. The van der Waals surface area contributed by atoms with Crippen molar-refractivity contribution in [1.82, 2.24) is 10.2 Å². The van der Waals surface area contributed by atoms with Gasteiger partial charge in [0.15, 0.2) is 0 Å². The number of nitrogens with one attached hydrogen (secondary N) is 1. The number of nitrogens with zero attached hydrogens (tertiary/aromatic N) is 1. The summed E-state index contributed by atoms with van der Waals surface area (Å²) in [5.74, 6) is 0.701. The number of rotatable bonds is 7. The largest absolute Gasteiger partial charge is 0.381 e. The first-order valence-electron chi connectivity index (χ1n) is 8.63. The number of ether oxygens (including phenoxy) is 2. The van der Waals surface area contributed by atoms with Crippen LogP contribution in [0.2, 0.25) is 0 Å². The molecule has 0 amide bonds. The molecule has 2 saturated heterocycles. The zero-order valence-corrected chi connectivity index (χ0v) is 14.4. The van der Waals surface area contributed by atoms with Crippen LogP contribution in [0.5, 0.6) is 0 Å². The molecule has 0 spiro atoms. The van der Waals surface area contributed by atoms with E-state index in [9.17, 15) is 0 Å². The Kier molecular flexibility index (Phi) is 6.48. The predicted molar refractivity (Wildman–Crippen MR) is 86.6 cm³/mol. The number of hydrogen-bond acceptors (Lipinski definition) is 4. The van der Waals surface area contributed by atoms with Gasteiger partial charge >= 0.3 is 0 Å². The topological polar surface area (TPSA) is 33.7 Å². The van der Waals surface area contributed by atoms with E-state index < -0.39 is 0 Å². The Hall–Kier alpha value is -0.160. The molecule has 0 aliphatic carbocycles. The van der Waals surface area contributed by atoms with Gasteiger partial charge in [-0.2, -0.15) is 0 Å². The molecule has 2 aliphatic rings. The summed E-state index contributed by atoms with van der Waals surface area (Å²) < 4.78 is 11.6. The first-order chi connectivity index (χ1) is 10.0. The Morgan fingerprint density at radius 2 is 2.14 bits per heavy atom. The van der Waals surface area contributed by atoms with Gasteiger partial charge in [0.1, 0.15) is 0 Å². The molecular formula is C17H34N2O2. The zero-order valence-electron chi connectivity index (χ0n) is 14.4. The molecule has 2 fully saturated rings. The van der Waals surface area contributed by atoms with Crippen LogP contribution in [0.3, 0.4) is 0 Å². The second kappa shape index (κ2) is 7.91. The van der Waals surface area contributed by atoms with Crippen molar-refractivity contribution in [2.45, 2.75) is 52.2 Å². The van der Waals surface area contributed by atoms with Crippen LogP contribution in [-0.4, -0.2) is 63.5 Å². The Bertz CT molecular complexity index is 303. The molecular weight excluding hydrogens is 264 g/mol. The van der Waals surface area contributed by atoms with Gasteiger partial charge in [-0.05, 0) is 45.7 Å². The van der Waals surface area contributed by atoms with E-state index in [0.29, 0.717) is 18.1 Å². The Balaban J connectivity index is 1.91. The van der Waals surface area contributed by atoms with Crippen molar-refractivity contribution in [2.24, 2.45) is 11.3 Å². The van der Waals surface area contributed by atoms with Crippen molar-refractivity contribution < 1.29 is 9.47 Å². The smallest absolute Gasteiger partial charge is 0.0702 e. The van der Waals surface area contributed by atoms with E-state index in [-0.39, 0.29) is 5.41 Å². The second-order valence-electron chi connectivity index (χ2n) is 7.53. The fourth-order valence-corrected chi connectivity index (χ4v) is 3.80. The van der Waals surface area contributed by atoms with Gasteiger partial charge in [-0.3, -0.25) is 0 Å². The Morgan fingerprint density at radius 1 is 1.33 bits per heavy atom. The fraction of sp³-hybridized carbons (Fsp3) is 1.00. The molecule has 0 bridgehead atoms. The van der Waals surface area contributed by atoms with E-state index in [1.807, 2.05) is 0 Å². The summed E-state index contributed by atoms with van der Waals surface area (Å²) in [6.07, 6.45) is 3.98. The minimum atomic E-state index is 0.268. The second-order valence-corrected chi connectivity index (χ2v) is 7.53. The van der Waals surface area contributed by atoms with Crippen LogP contribution >= 0.6 is 0 Å². The highest BCUT2D eigenvalue weighted by molar-refractivity contribution is 4.90. The molecule has 4 heteroatoms. The molecule has 4 nitrogen and oxygen atoms in total. The van der Waals surface area contributed by atoms with E-state index in [2.05, 4.69) is 38.0 Å². The molecule has 124 valence electrons. The van der Waals surface area contributed by atoms with E-state index in [0.717, 1.165) is 45.9 Å². The normalized spacial score (nSPS) is 34.0. The van der Waals surface area contributed by atoms with Gasteiger partial charge in [0, 0.05) is 37.8 Å². The van der Waals surface area contributed by atoms with E-state index >= 15 is 0 Å². The maximum absolute atomic E-state index is 5.84. The molecule has 2 heterocycles. The molecule has 0 aromatic rings. The first kappa shape index (κ1) is 17.2. The third-order valence-electron chi connectivity index (χ3n) is 4.94. The van der Waals surface area contributed by atoms with Crippen LogP contribution in [0, 0.1) is 11.3 Å². The van der Waals surface area contributed by atoms with Gasteiger partial charge in [0.25, 0.3) is 0 Å². The lowest BCUT2D eigenvalue weighted by Crippen LogP contribution is -2.51. The standard InChI is InChI=1S/C17H34N2O2/c1-14(2)10-18-11-17(7-5-8-20-13-17)12-19(4)16-6-9-21-15(16)3/h14-16,18H,5-13H2,1-4H3. The zero-order chi connectivity index (χ0) is 15.3. The summed E-state index contributed by atoms with van der Waals surface area (Å²) in [6, 6.07) is 0.564. The molecule has 0 saturated carbocycles. The highest BCUT2D eigenvalue weighted by atomic mass is 16.5. The molecule has 0 aromatic carbocycles. The van der Waals surface area contributed by atoms with Crippen LogP contribution < -0.4 is 5.32 Å².